The number of amides is 3. The fourth-order valence-corrected chi connectivity index (χ4v) is 5.87. The van der Waals surface area contributed by atoms with Crippen LogP contribution in [0.3, 0.4) is 0 Å². The lowest BCUT2D eigenvalue weighted by molar-refractivity contribution is -0.130. The van der Waals surface area contributed by atoms with E-state index in [0.717, 1.165) is 33.4 Å². The quantitative estimate of drug-likeness (QED) is 0.229. The number of rotatable bonds is 6. The Morgan fingerprint density at radius 3 is 2.51 bits per heavy atom. The molecule has 1 aliphatic rings. The summed E-state index contributed by atoms with van der Waals surface area (Å²) in [6.07, 6.45) is 1.01. The third-order valence-electron chi connectivity index (χ3n) is 7.45. The Bertz CT molecular complexity index is 1640. The number of nitrogens with one attached hydrogen (secondary N) is 3. The van der Waals surface area contributed by atoms with Crippen LogP contribution in [0.4, 0.5) is 11.4 Å². The molecule has 1 atom stereocenters. The van der Waals surface area contributed by atoms with Crippen LogP contribution < -0.4 is 21.3 Å². The molecule has 0 saturated heterocycles. The van der Waals surface area contributed by atoms with Gasteiger partial charge in [0.25, 0.3) is 11.8 Å². The molecule has 212 valence electrons. The molecule has 1 aliphatic heterocycles. The van der Waals surface area contributed by atoms with Crippen molar-refractivity contribution >= 4 is 55.9 Å². The molecule has 0 fully saturated rings. The van der Waals surface area contributed by atoms with Crippen LogP contribution in [-0.4, -0.2) is 40.8 Å². The molecule has 9 heteroatoms. The minimum atomic E-state index is -1.14. The zero-order valence-electron chi connectivity index (χ0n) is 23.6. The Hall–Kier alpha value is -3.95. The van der Waals surface area contributed by atoms with E-state index in [1.54, 1.807) is 24.8 Å². The Labute approximate surface area is 247 Å². The lowest BCUT2D eigenvalue weighted by Gasteiger charge is -2.30. The maximum absolute atomic E-state index is 14.3. The van der Waals surface area contributed by atoms with Gasteiger partial charge in [0, 0.05) is 33.2 Å². The summed E-state index contributed by atoms with van der Waals surface area (Å²) in [4.78, 5) is 45.7. The van der Waals surface area contributed by atoms with Gasteiger partial charge in [0.2, 0.25) is 5.91 Å². The van der Waals surface area contributed by atoms with E-state index in [2.05, 4.69) is 31.5 Å². The van der Waals surface area contributed by atoms with Crippen molar-refractivity contribution in [2.45, 2.75) is 52.1 Å². The molecule has 0 bridgehead atoms. The molecule has 41 heavy (non-hydrogen) atoms. The van der Waals surface area contributed by atoms with Gasteiger partial charge in [-0.15, -0.1) is 0 Å². The predicted molar refractivity (Wildman–Crippen MR) is 166 cm³/mol. The summed E-state index contributed by atoms with van der Waals surface area (Å²) in [5, 5.41) is 6.83. The van der Waals surface area contributed by atoms with E-state index in [1.807, 2.05) is 68.4 Å². The lowest BCUT2D eigenvalue weighted by Crippen LogP contribution is -2.55. The second kappa shape index (κ2) is 11.1. The van der Waals surface area contributed by atoms with Crippen LogP contribution in [0, 0.1) is 6.92 Å². The highest BCUT2D eigenvalue weighted by Gasteiger charge is 2.36. The summed E-state index contributed by atoms with van der Waals surface area (Å²) in [6, 6.07) is 18.6. The Morgan fingerprint density at radius 1 is 1.10 bits per heavy atom. The summed E-state index contributed by atoms with van der Waals surface area (Å²) < 4.78 is 0.695. The summed E-state index contributed by atoms with van der Waals surface area (Å²) >= 11 is 3.80. The van der Waals surface area contributed by atoms with Crippen molar-refractivity contribution in [3.8, 4) is 11.3 Å². The van der Waals surface area contributed by atoms with E-state index >= 15 is 0 Å². The van der Waals surface area contributed by atoms with Gasteiger partial charge in [-0.1, -0.05) is 36.4 Å². The first kappa shape index (κ1) is 28.6. The van der Waals surface area contributed by atoms with Crippen molar-refractivity contribution in [2.75, 3.05) is 11.4 Å². The molecular weight excluding hydrogens is 582 g/mol. The first-order valence-corrected chi connectivity index (χ1v) is 14.5. The molecule has 0 saturated carbocycles. The number of aromatic amines is 1. The molecule has 0 spiro atoms. The summed E-state index contributed by atoms with van der Waals surface area (Å²) in [7, 11) is 0. The SMILES string of the molecule is CCNC(=O)c1cc(N2C(=O)C(NC(=O)C(C)(C)N)CCc3ccccc32)c(C)c(Br)c1-c1cc2ccccc2[nH]1. The standard InChI is InChI=1S/C32H34BrN5O3/c1-5-35-29(39)21-17-26(18(2)28(33)27(21)24-16-20-11-6-8-12-22(20)36-24)38-25-13-9-7-10-19(25)14-15-23(30(38)40)37-31(41)32(3,4)34/h6-13,16-17,23,36H,5,14-15,34H2,1-4H3,(H,35,39)(H,37,41). The molecule has 2 heterocycles. The van der Waals surface area contributed by atoms with Gasteiger partial charge in [-0.2, -0.15) is 0 Å². The molecule has 8 nitrogen and oxygen atoms in total. The Balaban J connectivity index is 1.71. The van der Waals surface area contributed by atoms with Crippen LogP contribution in [0.5, 0.6) is 0 Å². The van der Waals surface area contributed by atoms with E-state index in [4.69, 9.17) is 5.73 Å². The second-order valence-electron chi connectivity index (χ2n) is 11.0. The van der Waals surface area contributed by atoms with Gasteiger partial charge in [0.05, 0.1) is 22.5 Å². The number of H-pyrrole nitrogens is 1. The second-order valence-corrected chi connectivity index (χ2v) is 11.8. The topological polar surface area (TPSA) is 120 Å². The van der Waals surface area contributed by atoms with Gasteiger partial charge in [0.15, 0.2) is 0 Å². The average molecular weight is 617 g/mol. The number of hydrogen-bond donors (Lipinski definition) is 4. The molecule has 3 aromatic carbocycles. The van der Waals surface area contributed by atoms with E-state index in [0.29, 0.717) is 40.7 Å². The number of anilines is 2. The third kappa shape index (κ3) is 5.39. The molecule has 4 aromatic rings. The van der Waals surface area contributed by atoms with Gasteiger partial charge in [-0.25, -0.2) is 0 Å². The zero-order chi connectivity index (χ0) is 29.5. The smallest absolute Gasteiger partial charge is 0.254 e. The predicted octanol–water partition coefficient (Wildman–Crippen LogP) is 5.49. The molecule has 3 amide bonds. The van der Waals surface area contributed by atoms with Gasteiger partial charge < -0.3 is 21.4 Å². The highest BCUT2D eigenvalue weighted by molar-refractivity contribution is 9.10. The monoisotopic (exact) mass is 615 g/mol. The van der Waals surface area contributed by atoms with E-state index in [9.17, 15) is 14.4 Å². The normalized spacial score (nSPS) is 15.4. The number of carbonyl (C=O) groups is 3. The molecule has 5 N–H and O–H groups in total. The molecule has 5 rings (SSSR count). The fraction of sp³-hybridized carbons (Fsp3) is 0.281. The van der Waals surface area contributed by atoms with Crippen molar-refractivity contribution in [3.05, 3.63) is 81.8 Å². The number of nitrogens with two attached hydrogens (primary N) is 1. The number of fused-ring (bicyclic) bond motifs is 2. The van der Waals surface area contributed by atoms with Crippen LogP contribution in [0.1, 0.15) is 48.7 Å². The first-order valence-electron chi connectivity index (χ1n) is 13.7. The number of carbonyl (C=O) groups excluding carboxylic acids is 3. The van der Waals surface area contributed by atoms with Crippen molar-refractivity contribution in [3.63, 3.8) is 0 Å². The van der Waals surface area contributed by atoms with Crippen LogP contribution in [0.2, 0.25) is 0 Å². The highest BCUT2D eigenvalue weighted by Crippen LogP contribution is 2.43. The number of para-hydroxylation sites is 2. The molecule has 0 radical (unpaired) electrons. The van der Waals surface area contributed by atoms with E-state index in [1.165, 1.54) is 0 Å². The van der Waals surface area contributed by atoms with Crippen LogP contribution in [-0.2, 0) is 16.0 Å². The van der Waals surface area contributed by atoms with E-state index < -0.39 is 17.5 Å². The molecular formula is C32H34BrN5O3. The van der Waals surface area contributed by atoms with Crippen molar-refractivity contribution in [1.29, 1.82) is 0 Å². The number of hydrogen-bond acceptors (Lipinski definition) is 4. The maximum atomic E-state index is 14.3. The lowest BCUT2D eigenvalue weighted by atomic mass is 9.97. The van der Waals surface area contributed by atoms with Gasteiger partial charge in [-0.3, -0.25) is 19.3 Å². The van der Waals surface area contributed by atoms with Gasteiger partial charge >= 0.3 is 0 Å². The highest BCUT2D eigenvalue weighted by atomic mass is 79.9. The van der Waals surface area contributed by atoms with Crippen LogP contribution >= 0.6 is 15.9 Å². The maximum Gasteiger partial charge on any atom is 0.254 e. The zero-order valence-corrected chi connectivity index (χ0v) is 25.2. The van der Waals surface area contributed by atoms with Crippen LogP contribution in [0.25, 0.3) is 22.2 Å². The molecule has 0 aliphatic carbocycles. The molecule has 1 unspecified atom stereocenters. The summed E-state index contributed by atoms with van der Waals surface area (Å²) in [5.41, 5.74) is 10.8. The summed E-state index contributed by atoms with van der Waals surface area (Å²) in [5.74, 6) is -0.951. The number of halogens is 1. The number of aryl methyl sites for hydroxylation is 1. The first-order chi connectivity index (χ1) is 19.5. The average Bonchev–Trinajstić information content (AvgIpc) is 3.31. The van der Waals surface area contributed by atoms with Crippen molar-refractivity contribution in [2.24, 2.45) is 5.73 Å². The van der Waals surface area contributed by atoms with Crippen molar-refractivity contribution < 1.29 is 14.4 Å². The third-order valence-corrected chi connectivity index (χ3v) is 8.44. The van der Waals surface area contributed by atoms with E-state index in [-0.39, 0.29) is 11.8 Å². The summed E-state index contributed by atoms with van der Waals surface area (Å²) in [6.45, 7) is 7.45. The number of aromatic nitrogens is 1. The van der Waals surface area contributed by atoms with Gasteiger partial charge in [-0.05, 0) is 91.9 Å². The molecule has 1 aromatic heterocycles. The Morgan fingerprint density at radius 2 is 1.80 bits per heavy atom. The fourth-order valence-electron chi connectivity index (χ4n) is 5.24. The van der Waals surface area contributed by atoms with Gasteiger partial charge in [0.1, 0.15) is 6.04 Å². The van der Waals surface area contributed by atoms with Crippen molar-refractivity contribution in [1.82, 2.24) is 15.6 Å². The number of benzene rings is 3. The minimum Gasteiger partial charge on any atom is -0.354 e. The number of nitrogens with zero attached hydrogens (tertiary/aromatic N) is 1. The minimum absolute atomic E-state index is 0.256. The largest absolute Gasteiger partial charge is 0.354 e. The Kier molecular flexibility index (Phi) is 7.76. The van der Waals surface area contributed by atoms with Crippen LogP contribution in [0.15, 0.2) is 65.1 Å².